The summed E-state index contributed by atoms with van der Waals surface area (Å²) in [5, 5.41) is 7.38. The number of nitrogens with zero attached hydrogens (tertiary/aromatic N) is 3. The van der Waals surface area contributed by atoms with Crippen LogP contribution in [-0.2, 0) is 20.9 Å². The Bertz CT molecular complexity index is 787. The minimum absolute atomic E-state index is 0.00654. The number of nitrogens with one attached hydrogen (secondary N) is 1. The molecule has 3 rings (SSSR count). The number of methoxy groups -OCH3 is 1. The summed E-state index contributed by atoms with van der Waals surface area (Å²) in [6.45, 7) is 8.20. The smallest absolute Gasteiger partial charge is 0.244 e. The van der Waals surface area contributed by atoms with Gasteiger partial charge in [-0.25, -0.2) is 0 Å². The molecule has 1 aromatic heterocycles. The molecule has 8 heteroatoms. The van der Waals surface area contributed by atoms with Crippen molar-refractivity contribution in [2.24, 2.45) is 11.8 Å². The number of likely N-dealkylation sites (tertiary alicyclic amines) is 1. The van der Waals surface area contributed by atoms with Crippen LogP contribution in [-0.4, -0.2) is 64.6 Å². The molecule has 8 nitrogen and oxygen atoms in total. The Balaban J connectivity index is 1.67. The summed E-state index contributed by atoms with van der Waals surface area (Å²) in [6.07, 6.45) is 1.64. The molecule has 1 aliphatic carbocycles. The molecule has 2 heterocycles. The average molecular weight is 390 g/mol. The molecular weight excluding hydrogens is 360 g/mol. The molecule has 4 atom stereocenters. The van der Waals surface area contributed by atoms with E-state index in [1.165, 1.54) is 13.8 Å². The van der Waals surface area contributed by atoms with E-state index in [0.29, 0.717) is 36.2 Å². The van der Waals surface area contributed by atoms with Crippen LogP contribution in [0, 0.1) is 25.7 Å². The monoisotopic (exact) mass is 390 g/mol. The number of hydrogen-bond donors (Lipinski definition) is 1. The van der Waals surface area contributed by atoms with Crippen LogP contribution in [0.2, 0.25) is 0 Å². The number of carbonyl (C=O) groups is 3. The molecule has 2 aliphatic rings. The van der Waals surface area contributed by atoms with Crippen LogP contribution in [0.1, 0.15) is 48.4 Å². The van der Waals surface area contributed by atoms with E-state index < -0.39 is 0 Å². The Labute approximate surface area is 165 Å². The average Bonchev–Trinajstić information content (AvgIpc) is 3.14. The van der Waals surface area contributed by atoms with Crippen LogP contribution in [0.15, 0.2) is 0 Å². The number of ketones is 1. The predicted molar refractivity (Wildman–Crippen MR) is 103 cm³/mol. The Morgan fingerprint density at radius 1 is 1.14 bits per heavy atom. The van der Waals surface area contributed by atoms with Gasteiger partial charge < -0.3 is 15.0 Å². The first-order valence-electron chi connectivity index (χ1n) is 9.83. The van der Waals surface area contributed by atoms with Gasteiger partial charge in [0.05, 0.1) is 23.4 Å². The summed E-state index contributed by atoms with van der Waals surface area (Å²) in [5.74, 6) is 0.672. The van der Waals surface area contributed by atoms with Gasteiger partial charge in [0.25, 0.3) is 0 Å². The topological polar surface area (TPSA) is 93.5 Å². The van der Waals surface area contributed by atoms with E-state index in [-0.39, 0.29) is 36.3 Å². The number of carbonyl (C=O) groups excluding carboxylic acids is 3. The second kappa shape index (κ2) is 8.03. The first kappa shape index (κ1) is 20.5. The number of Topliss-reactive ketones (excluding diaryl/α,β-unsaturated/α-hetero) is 1. The lowest BCUT2D eigenvalue weighted by molar-refractivity contribution is -0.131. The van der Waals surface area contributed by atoms with Crippen LogP contribution >= 0.6 is 0 Å². The van der Waals surface area contributed by atoms with Gasteiger partial charge in [0, 0.05) is 32.8 Å². The normalized spacial score (nSPS) is 26.8. The molecule has 0 spiro atoms. The molecule has 0 radical (unpaired) electrons. The van der Waals surface area contributed by atoms with Gasteiger partial charge in [-0.2, -0.15) is 5.10 Å². The zero-order valence-electron chi connectivity index (χ0n) is 17.3. The fourth-order valence-corrected chi connectivity index (χ4v) is 4.88. The lowest BCUT2D eigenvalue weighted by Gasteiger charge is -2.37. The lowest BCUT2D eigenvalue weighted by atomic mass is 9.77. The van der Waals surface area contributed by atoms with E-state index in [0.717, 1.165) is 18.5 Å². The molecule has 1 N–H and O–H groups in total. The molecule has 2 amide bonds. The van der Waals surface area contributed by atoms with E-state index in [9.17, 15) is 14.4 Å². The molecule has 1 aliphatic heterocycles. The van der Waals surface area contributed by atoms with Crippen molar-refractivity contribution in [3.05, 3.63) is 17.0 Å². The van der Waals surface area contributed by atoms with Crippen LogP contribution in [0.4, 0.5) is 0 Å². The Morgan fingerprint density at radius 2 is 1.79 bits per heavy atom. The molecular formula is C20H30N4O4. The van der Waals surface area contributed by atoms with Gasteiger partial charge in [-0.05, 0) is 45.4 Å². The Hall–Kier alpha value is -2.22. The van der Waals surface area contributed by atoms with Crippen molar-refractivity contribution in [2.45, 2.75) is 59.2 Å². The van der Waals surface area contributed by atoms with E-state index >= 15 is 0 Å². The quantitative estimate of drug-likeness (QED) is 0.760. The summed E-state index contributed by atoms with van der Waals surface area (Å²) in [4.78, 5) is 38.1. The van der Waals surface area contributed by atoms with Crippen molar-refractivity contribution < 1.29 is 19.1 Å². The summed E-state index contributed by atoms with van der Waals surface area (Å²) in [5.41, 5.74) is 2.00. The second-order valence-electron chi connectivity index (χ2n) is 8.13. The molecule has 2 fully saturated rings. The van der Waals surface area contributed by atoms with E-state index in [1.54, 1.807) is 18.7 Å². The highest BCUT2D eigenvalue weighted by molar-refractivity contribution is 5.96. The number of aromatic nitrogens is 2. The van der Waals surface area contributed by atoms with E-state index in [2.05, 4.69) is 10.4 Å². The molecule has 0 bridgehead atoms. The number of ether oxygens (including phenoxy) is 1. The minimum atomic E-state index is -0.0535. The predicted octanol–water partition coefficient (Wildman–Crippen LogP) is 1.09. The number of aryl methyl sites for hydroxylation is 1. The van der Waals surface area contributed by atoms with Crippen LogP contribution in [0.25, 0.3) is 0 Å². The van der Waals surface area contributed by atoms with Crippen molar-refractivity contribution >= 4 is 17.6 Å². The van der Waals surface area contributed by atoms with Gasteiger partial charge >= 0.3 is 0 Å². The fourth-order valence-electron chi connectivity index (χ4n) is 4.88. The summed E-state index contributed by atoms with van der Waals surface area (Å²) < 4.78 is 7.23. The van der Waals surface area contributed by atoms with Crippen molar-refractivity contribution in [3.8, 4) is 0 Å². The largest absolute Gasteiger partial charge is 0.379 e. The van der Waals surface area contributed by atoms with Gasteiger partial charge in [-0.15, -0.1) is 0 Å². The summed E-state index contributed by atoms with van der Waals surface area (Å²) in [7, 11) is 1.67. The second-order valence-corrected chi connectivity index (χ2v) is 8.13. The number of rotatable bonds is 5. The first-order valence-corrected chi connectivity index (χ1v) is 9.83. The maximum Gasteiger partial charge on any atom is 0.244 e. The Kier molecular flexibility index (Phi) is 5.88. The van der Waals surface area contributed by atoms with Crippen LogP contribution in [0.5, 0.6) is 0 Å². The zero-order valence-corrected chi connectivity index (χ0v) is 17.3. The third-order valence-electron chi connectivity index (χ3n) is 6.18. The fraction of sp³-hybridized carbons (Fsp3) is 0.700. The standard InChI is InChI=1S/C20H30N4O4/c1-11-20(13(3)25)12(2)24(22-11)10-19(27)23-8-15-6-17(21-14(4)26)18(28-5)7-16(15)9-23/h15-18H,6-10H2,1-5H3,(H,21,26)/t15-,16+,17-,18-/m1/s1. The van der Waals surface area contributed by atoms with E-state index in [4.69, 9.17) is 4.74 Å². The maximum absolute atomic E-state index is 12.9. The number of amides is 2. The van der Waals surface area contributed by atoms with Gasteiger partial charge in [-0.1, -0.05) is 0 Å². The molecule has 0 aromatic carbocycles. The highest BCUT2D eigenvalue weighted by Crippen LogP contribution is 2.37. The highest BCUT2D eigenvalue weighted by Gasteiger charge is 2.43. The van der Waals surface area contributed by atoms with Crippen LogP contribution in [0.3, 0.4) is 0 Å². The van der Waals surface area contributed by atoms with Crippen molar-refractivity contribution in [2.75, 3.05) is 20.2 Å². The van der Waals surface area contributed by atoms with Gasteiger partial charge in [0.1, 0.15) is 6.54 Å². The summed E-state index contributed by atoms with van der Waals surface area (Å²) >= 11 is 0. The van der Waals surface area contributed by atoms with Crippen LogP contribution < -0.4 is 5.32 Å². The van der Waals surface area contributed by atoms with Crippen molar-refractivity contribution in [3.63, 3.8) is 0 Å². The minimum Gasteiger partial charge on any atom is -0.379 e. The number of hydrogen-bond acceptors (Lipinski definition) is 5. The zero-order chi connectivity index (χ0) is 20.6. The highest BCUT2D eigenvalue weighted by atomic mass is 16.5. The van der Waals surface area contributed by atoms with Gasteiger partial charge in [0.2, 0.25) is 11.8 Å². The maximum atomic E-state index is 12.9. The third-order valence-corrected chi connectivity index (χ3v) is 6.18. The third kappa shape index (κ3) is 3.97. The molecule has 0 unspecified atom stereocenters. The summed E-state index contributed by atoms with van der Waals surface area (Å²) in [6, 6.07) is -0.00654. The molecule has 1 aromatic rings. The van der Waals surface area contributed by atoms with Gasteiger partial charge in [0.15, 0.2) is 5.78 Å². The lowest BCUT2D eigenvalue weighted by Crippen LogP contribution is -2.49. The SMILES string of the molecule is CO[C@@H]1C[C@H]2CN(C(=O)Cn3nc(C)c(C(C)=O)c3C)C[C@H]2C[C@H]1NC(C)=O. The van der Waals surface area contributed by atoms with Crippen molar-refractivity contribution in [1.29, 1.82) is 0 Å². The van der Waals surface area contributed by atoms with E-state index in [1.807, 2.05) is 11.8 Å². The molecule has 28 heavy (non-hydrogen) atoms. The molecule has 1 saturated heterocycles. The molecule has 154 valence electrons. The first-order chi connectivity index (χ1) is 13.2. The number of fused-ring (bicyclic) bond motifs is 1. The van der Waals surface area contributed by atoms with Crippen molar-refractivity contribution in [1.82, 2.24) is 20.0 Å². The van der Waals surface area contributed by atoms with Gasteiger partial charge in [-0.3, -0.25) is 19.1 Å². The Morgan fingerprint density at radius 3 is 2.32 bits per heavy atom. The molecule has 1 saturated carbocycles.